The van der Waals surface area contributed by atoms with E-state index in [-0.39, 0.29) is 11.7 Å². The van der Waals surface area contributed by atoms with Crippen molar-refractivity contribution in [2.75, 3.05) is 0 Å². The highest BCUT2D eigenvalue weighted by molar-refractivity contribution is 9.10. The third-order valence-electron chi connectivity index (χ3n) is 1.34. The van der Waals surface area contributed by atoms with Crippen molar-refractivity contribution in [2.24, 2.45) is 5.92 Å². The van der Waals surface area contributed by atoms with Crippen molar-refractivity contribution in [3.8, 4) is 0 Å². The SMILES string of the molecule is CC(C)C(=O)c1cc(Br)n[nH]1. The molecular formula is C7H9BrN2O. The summed E-state index contributed by atoms with van der Waals surface area (Å²) < 4.78 is 0.668. The maximum absolute atomic E-state index is 11.3. The molecule has 4 heteroatoms. The summed E-state index contributed by atoms with van der Waals surface area (Å²) in [6, 6.07) is 1.68. The van der Waals surface area contributed by atoms with Crippen molar-refractivity contribution < 1.29 is 4.79 Å². The predicted molar refractivity (Wildman–Crippen MR) is 45.5 cm³/mol. The van der Waals surface area contributed by atoms with Crippen LogP contribution < -0.4 is 0 Å². The van der Waals surface area contributed by atoms with Gasteiger partial charge in [0.1, 0.15) is 10.3 Å². The number of Topliss-reactive ketones (excluding diaryl/α,β-unsaturated/α-hetero) is 1. The lowest BCUT2D eigenvalue weighted by atomic mass is 10.1. The van der Waals surface area contributed by atoms with Crippen molar-refractivity contribution in [1.82, 2.24) is 10.2 Å². The molecule has 1 rings (SSSR count). The van der Waals surface area contributed by atoms with E-state index in [2.05, 4.69) is 26.1 Å². The van der Waals surface area contributed by atoms with E-state index in [0.717, 1.165) is 0 Å². The van der Waals surface area contributed by atoms with E-state index in [9.17, 15) is 4.79 Å². The molecule has 0 aliphatic carbocycles. The number of halogens is 1. The van der Waals surface area contributed by atoms with Gasteiger partial charge in [-0.25, -0.2) is 0 Å². The van der Waals surface area contributed by atoms with Gasteiger partial charge in [0.05, 0.1) is 0 Å². The summed E-state index contributed by atoms with van der Waals surface area (Å²) in [5.41, 5.74) is 0.562. The first-order chi connectivity index (χ1) is 5.11. The first-order valence-corrected chi connectivity index (χ1v) is 4.15. The first kappa shape index (κ1) is 8.46. The third-order valence-corrected chi connectivity index (χ3v) is 1.74. The fourth-order valence-electron chi connectivity index (χ4n) is 0.735. The summed E-state index contributed by atoms with van der Waals surface area (Å²) in [6.45, 7) is 3.72. The van der Waals surface area contributed by atoms with Crippen LogP contribution >= 0.6 is 15.9 Å². The van der Waals surface area contributed by atoms with Crippen LogP contribution in [0.1, 0.15) is 24.3 Å². The molecule has 1 N–H and O–H groups in total. The average Bonchev–Trinajstić information content (AvgIpc) is 2.34. The van der Waals surface area contributed by atoms with Crippen molar-refractivity contribution in [3.63, 3.8) is 0 Å². The number of aromatic nitrogens is 2. The second-order valence-electron chi connectivity index (χ2n) is 2.62. The number of carbonyl (C=O) groups excluding carboxylic acids is 1. The number of H-pyrrole nitrogens is 1. The minimum atomic E-state index is 0.0161. The molecule has 0 amide bonds. The lowest BCUT2D eigenvalue weighted by molar-refractivity contribution is 0.0934. The van der Waals surface area contributed by atoms with E-state index in [0.29, 0.717) is 10.3 Å². The number of hydrogen-bond acceptors (Lipinski definition) is 2. The normalized spacial score (nSPS) is 10.5. The summed E-state index contributed by atoms with van der Waals surface area (Å²) >= 11 is 3.15. The number of nitrogens with one attached hydrogen (secondary N) is 1. The molecule has 11 heavy (non-hydrogen) atoms. The standard InChI is InChI=1S/C7H9BrN2O/c1-4(2)7(11)5-3-6(8)10-9-5/h3-4H,1-2H3,(H,9,10). The highest BCUT2D eigenvalue weighted by Crippen LogP contribution is 2.10. The summed E-state index contributed by atoms with van der Waals surface area (Å²) in [7, 11) is 0. The van der Waals surface area contributed by atoms with Gasteiger partial charge in [0.2, 0.25) is 0 Å². The van der Waals surface area contributed by atoms with Crippen LogP contribution in [0, 0.1) is 5.92 Å². The lowest BCUT2D eigenvalue weighted by Crippen LogP contribution is -2.07. The van der Waals surface area contributed by atoms with Gasteiger partial charge in [0, 0.05) is 12.0 Å². The Balaban J connectivity index is 2.85. The first-order valence-electron chi connectivity index (χ1n) is 3.36. The number of carbonyl (C=O) groups is 1. The largest absolute Gasteiger partial charge is 0.292 e. The fourth-order valence-corrected chi connectivity index (χ4v) is 1.05. The maximum Gasteiger partial charge on any atom is 0.183 e. The molecule has 1 aromatic heterocycles. The van der Waals surface area contributed by atoms with Crippen LogP contribution in [0.5, 0.6) is 0 Å². The molecule has 0 atom stereocenters. The van der Waals surface area contributed by atoms with Gasteiger partial charge in [-0.1, -0.05) is 13.8 Å². The smallest absolute Gasteiger partial charge is 0.183 e. The molecule has 0 aliphatic heterocycles. The van der Waals surface area contributed by atoms with Crippen LogP contribution in [-0.4, -0.2) is 16.0 Å². The number of nitrogens with zero attached hydrogens (tertiary/aromatic N) is 1. The van der Waals surface area contributed by atoms with Crippen LogP contribution in [0.2, 0.25) is 0 Å². The second-order valence-corrected chi connectivity index (χ2v) is 3.44. The molecule has 1 aromatic rings. The van der Waals surface area contributed by atoms with Gasteiger partial charge in [-0.05, 0) is 15.9 Å². The van der Waals surface area contributed by atoms with Crippen molar-refractivity contribution in [2.45, 2.75) is 13.8 Å². The Labute approximate surface area is 73.3 Å². The predicted octanol–water partition coefficient (Wildman–Crippen LogP) is 2.01. The second kappa shape index (κ2) is 3.17. The molecule has 0 aliphatic rings. The molecule has 0 unspecified atom stereocenters. The van der Waals surface area contributed by atoms with E-state index >= 15 is 0 Å². The van der Waals surface area contributed by atoms with Gasteiger partial charge in [-0.15, -0.1) is 0 Å². The molecule has 0 bridgehead atoms. The molecule has 0 aromatic carbocycles. The molecule has 0 saturated heterocycles. The van der Waals surface area contributed by atoms with Crippen LogP contribution in [0.3, 0.4) is 0 Å². The number of ketones is 1. The van der Waals surface area contributed by atoms with Crippen LogP contribution in [0.25, 0.3) is 0 Å². The fraction of sp³-hybridized carbons (Fsp3) is 0.429. The quantitative estimate of drug-likeness (QED) is 0.770. The number of rotatable bonds is 2. The van der Waals surface area contributed by atoms with Crippen molar-refractivity contribution in [1.29, 1.82) is 0 Å². The monoisotopic (exact) mass is 216 g/mol. The van der Waals surface area contributed by atoms with Gasteiger partial charge in [-0.3, -0.25) is 9.89 Å². The van der Waals surface area contributed by atoms with E-state index < -0.39 is 0 Å². The molecule has 3 nitrogen and oxygen atoms in total. The van der Waals surface area contributed by atoms with Crippen LogP contribution in [-0.2, 0) is 0 Å². The Kier molecular flexibility index (Phi) is 2.44. The Hall–Kier alpha value is -0.640. The molecule has 0 spiro atoms. The highest BCUT2D eigenvalue weighted by Gasteiger charge is 2.12. The van der Waals surface area contributed by atoms with Crippen LogP contribution in [0.4, 0.5) is 0 Å². The zero-order chi connectivity index (χ0) is 8.43. The zero-order valence-corrected chi connectivity index (χ0v) is 7.97. The third kappa shape index (κ3) is 1.89. The molecule has 0 saturated carbocycles. The topological polar surface area (TPSA) is 45.8 Å². The van der Waals surface area contributed by atoms with Crippen molar-refractivity contribution in [3.05, 3.63) is 16.4 Å². The van der Waals surface area contributed by atoms with Crippen LogP contribution in [0.15, 0.2) is 10.7 Å². The molecule has 0 radical (unpaired) electrons. The summed E-state index contributed by atoms with van der Waals surface area (Å²) in [5, 5.41) is 6.43. The average molecular weight is 217 g/mol. The Morgan fingerprint density at radius 2 is 2.36 bits per heavy atom. The zero-order valence-electron chi connectivity index (χ0n) is 6.39. The summed E-state index contributed by atoms with van der Waals surface area (Å²) in [5.74, 6) is 0.102. The Morgan fingerprint density at radius 1 is 1.73 bits per heavy atom. The summed E-state index contributed by atoms with van der Waals surface area (Å²) in [6.07, 6.45) is 0. The Bertz CT molecular complexity index is 267. The number of hydrogen-bond donors (Lipinski definition) is 1. The van der Waals surface area contributed by atoms with Crippen molar-refractivity contribution >= 4 is 21.7 Å². The lowest BCUT2D eigenvalue weighted by Gasteiger charge is -1.98. The van der Waals surface area contributed by atoms with Gasteiger partial charge >= 0.3 is 0 Å². The van der Waals surface area contributed by atoms with E-state index in [1.165, 1.54) is 0 Å². The summed E-state index contributed by atoms with van der Waals surface area (Å²) in [4.78, 5) is 11.3. The van der Waals surface area contributed by atoms with E-state index in [1.54, 1.807) is 6.07 Å². The van der Waals surface area contributed by atoms with Gasteiger partial charge < -0.3 is 0 Å². The molecule has 60 valence electrons. The number of aromatic amines is 1. The highest BCUT2D eigenvalue weighted by atomic mass is 79.9. The Morgan fingerprint density at radius 3 is 2.73 bits per heavy atom. The van der Waals surface area contributed by atoms with Gasteiger partial charge in [0.25, 0.3) is 0 Å². The molecule has 1 heterocycles. The molecule has 0 fully saturated rings. The van der Waals surface area contributed by atoms with E-state index in [4.69, 9.17) is 0 Å². The van der Waals surface area contributed by atoms with E-state index in [1.807, 2.05) is 13.8 Å². The maximum atomic E-state index is 11.3. The van der Waals surface area contributed by atoms with Gasteiger partial charge in [-0.2, -0.15) is 5.10 Å². The van der Waals surface area contributed by atoms with Gasteiger partial charge in [0.15, 0.2) is 5.78 Å². The minimum Gasteiger partial charge on any atom is -0.292 e. The molecular weight excluding hydrogens is 208 g/mol. The minimum absolute atomic E-state index is 0.0161.